The Hall–Kier alpha value is -1.03. The number of hydrogen-bond acceptors (Lipinski definition) is 2. The van der Waals surface area contributed by atoms with E-state index in [0.29, 0.717) is 13.1 Å². The average molecular weight is 231 g/mol. The second-order valence-corrected chi connectivity index (χ2v) is 4.31. The van der Waals surface area contributed by atoms with E-state index in [0.717, 1.165) is 6.42 Å². The lowest BCUT2D eigenvalue weighted by molar-refractivity contribution is -0.119. The van der Waals surface area contributed by atoms with Crippen LogP contribution < -0.4 is 5.32 Å². The van der Waals surface area contributed by atoms with E-state index in [2.05, 4.69) is 5.32 Å². The van der Waals surface area contributed by atoms with E-state index in [1.165, 1.54) is 12.5 Å². The number of carbonyl (C=O) groups excluding carboxylic acids is 2. The number of rotatable bonds is 1. The highest BCUT2D eigenvalue weighted by molar-refractivity contribution is 6.31. The zero-order chi connectivity index (χ0) is 11.4. The Kier molecular flexibility index (Phi) is 4.15. The van der Waals surface area contributed by atoms with E-state index >= 15 is 0 Å². The summed E-state index contributed by atoms with van der Waals surface area (Å²) >= 11 is 5.54. The highest BCUT2D eigenvalue weighted by Gasteiger charge is 2.19. The molecule has 1 aliphatic rings. The SMILES string of the molecule is CC1=CCN(C(=O)NC(=O)C(C)Cl)CC1. The molecule has 0 fully saturated rings. The molecule has 1 aliphatic heterocycles. The molecule has 0 aliphatic carbocycles. The first-order chi connectivity index (χ1) is 7.00. The molecule has 5 heteroatoms. The zero-order valence-corrected chi connectivity index (χ0v) is 9.67. The smallest absolute Gasteiger partial charge is 0.320 e. The van der Waals surface area contributed by atoms with Crippen LogP contribution in [0, 0.1) is 0 Å². The minimum Gasteiger partial charge on any atom is -0.320 e. The summed E-state index contributed by atoms with van der Waals surface area (Å²) in [5, 5.41) is 1.57. The third-order valence-electron chi connectivity index (χ3n) is 2.31. The van der Waals surface area contributed by atoms with Crippen LogP contribution in [0.1, 0.15) is 20.3 Å². The van der Waals surface area contributed by atoms with Gasteiger partial charge in [-0.3, -0.25) is 10.1 Å². The Balaban J connectivity index is 2.45. The third-order valence-corrected chi connectivity index (χ3v) is 2.51. The molecule has 1 N–H and O–H groups in total. The molecule has 0 aromatic carbocycles. The normalized spacial score (nSPS) is 18.1. The molecule has 0 saturated carbocycles. The number of nitrogens with zero attached hydrogens (tertiary/aromatic N) is 1. The molecule has 4 nitrogen and oxygen atoms in total. The molecule has 0 saturated heterocycles. The van der Waals surface area contributed by atoms with Crippen molar-refractivity contribution in [3.63, 3.8) is 0 Å². The summed E-state index contributed by atoms with van der Waals surface area (Å²) in [6.07, 6.45) is 2.84. The summed E-state index contributed by atoms with van der Waals surface area (Å²) < 4.78 is 0. The number of halogens is 1. The van der Waals surface area contributed by atoms with Crippen molar-refractivity contribution < 1.29 is 9.59 Å². The van der Waals surface area contributed by atoms with Crippen LogP contribution in [0.5, 0.6) is 0 Å². The van der Waals surface area contributed by atoms with Crippen molar-refractivity contribution in [1.29, 1.82) is 0 Å². The first-order valence-corrected chi connectivity index (χ1v) is 5.34. The van der Waals surface area contributed by atoms with Crippen LogP contribution in [0.15, 0.2) is 11.6 Å². The third kappa shape index (κ3) is 3.55. The molecule has 1 rings (SSSR count). The fourth-order valence-corrected chi connectivity index (χ4v) is 1.29. The van der Waals surface area contributed by atoms with Crippen molar-refractivity contribution in [2.45, 2.75) is 25.6 Å². The molecular weight excluding hydrogens is 216 g/mol. The summed E-state index contributed by atoms with van der Waals surface area (Å²) in [6.45, 7) is 4.77. The number of nitrogens with one attached hydrogen (secondary N) is 1. The number of imide groups is 1. The Morgan fingerprint density at radius 2 is 2.27 bits per heavy atom. The van der Waals surface area contributed by atoms with E-state index in [9.17, 15) is 9.59 Å². The fraction of sp³-hybridized carbons (Fsp3) is 0.600. The standard InChI is InChI=1S/C10H15ClN2O2/c1-7-3-5-13(6-4-7)10(15)12-9(14)8(2)11/h3,8H,4-6H2,1-2H3,(H,12,14,15). The lowest BCUT2D eigenvalue weighted by Crippen LogP contribution is -2.46. The van der Waals surface area contributed by atoms with Gasteiger partial charge < -0.3 is 4.90 Å². The van der Waals surface area contributed by atoms with Gasteiger partial charge in [-0.15, -0.1) is 11.6 Å². The van der Waals surface area contributed by atoms with E-state index in [4.69, 9.17) is 11.6 Å². The van der Waals surface area contributed by atoms with Crippen LogP contribution in [0.3, 0.4) is 0 Å². The molecular formula is C10H15ClN2O2. The Morgan fingerprint density at radius 3 is 2.73 bits per heavy atom. The maximum Gasteiger partial charge on any atom is 0.324 e. The fourth-order valence-electron chi connectivity index (χ4n) is 1.24. The number of amides is 3. The second-order valence-electron chi connectivity index (χ2n) is 3.66. The lowest BCUT2D eigenvalue weighted by atomic mass is 10.1. The van der Waals surface area contributed by atoms with Gasteiger partial charge in [0.05, 0.1) is 0 Å². The summed E-state index contributed by atoms with van der Waals surface area (Å²) in [5.74, 6) is -0.451. The van der Waals surface area contributed by atoms with Crippen LogP contribution in [0.4, 0.5) is 4.79 Å². The maximum atomic E-state index is 11.5. The molecule has 1 heterocycles. The Bertz CT molecular complexity index is 300. The van der Waals surface area contributed by atoms with Crippen LogP contribution in [0.2, 0.25) is 0 Å². The predicted octanol–water partition coefficient (Wildman–Crippen LogP) is 1.50. The summed E-state index contributed by atoms with van der Waals surface area (Å²) in [5.41, 5.74) is 1.27. The molecule has 84 valence electrons. The van der Waals surface area contributed by atoms with E-state index in [1.54, 1.807) is 4.90 Å². The van der Waals surface area contributed by atoms with Gasteiger partial charge in [0, 0.05) is 13.1 Å². The molecule has 1 atom stereocenters. The zero-order valence-electron chi connectivity index (χ0n) is 8.92. The van der Waals surface area contributed by atoms with Gasteiger partial charge in [-0.2, -0.15) is 0 Å². The Morgan fingerprint density at radius 1 is 1.60 bits per heavy atom. The van der Waals surface area contributed by atoms with E-state index in [1.807, 2.05) is 13.0 Å². The van der Waals surface area contributed by atoms with E-state index < -0.39 is 11.3 Å². The van der Waals surface area contributed by atoms with Gasteiger partial charge in [0.1, 0.15) is 5.38 Å². The van der Waals surface area contributed by atoms with Gasteiger partial charge >= 0.3 is 6.03 Å². The topological polar surface area (TPSA) is 49.4 Å². The average Bonchev–Trinajstić information content (AvgIpc) is 2.18. The molecule has 0 aromatic rings. The van der Waals surface area contributed by atoms with Crippen LogP contribution >= 0.6 is 11.6 Å². The van der Waals surface area contributed by atoms with Crippen molar-refractivity contribution in [2.75, 3.05) is 13.1 Å². The predicted molar refractivity (Wildman–Crippen MR) is 58.8 cm³/mol. The quantitative estimate of drug-likeness (QED) is 0.548. The molecule has 3 amide bonds. The molecule has 15 heavy (non-hydrogen) atoms. The number of urea groups is 1. The molecule has 0 aromatic heterocycles. The summed E-state index contributed by atoms with van der Waals surface area (Å²) in [7, 11) is 0. The minimum atomic E-state index is -0.684. The van der Waals surface area contributed by atoms with Gasteiger partial charge in [0.25, 0.3) is 0 Å². The summed E-state index contributed by atoms with van der Waals surface area (Å²) in [4.78, 5) is 24.3. The molecule has 0 bridgehead atoms. The monoisotopic (exact) mass is 230 g/mol. The van der Waals surface area contributed by atoms with E-state index in [-0.39, 0.29) is 6.03 Å². The van der Waals surface area contributed by atoms with Crippen LogP contribution in [0.25, 0.3) is 0 Å². The van der Waals surface area contributed by atoms with Crippen molar-refractivity contribution in [3.8, 4) is 0 Å². The first kappa shape index (κ1) is 12.0. The first-order valence-electron chi connectivity index (χ1n) is 4.90. The van der Waals surface area contributed by atoms with Crippen molar-refractivity contribution in [2.24, 2.45) is 0 Å². The second kappa shape index (κ2) is 5.16. The Labute approximate surface area is 94.3 Å². The lowest BCUT2D eigenvalue weighted by Gasteiger charge is -2.25. The number of hydrogen-bond donors (Lipinski definition) is 1. The van der Waals surface area contributed by atoms with Gasteiger partial charge in [0.15, 0.2) is 0 Å². The molecule has 1 unspecified atom stereocenters. The van der Waals surface area contributed by atoms with Crippen LogP contribution in [-0.4, -0.2) is 35.3 Å². The van der Waals surface area contributed by atoms with Gasteiger partial charge in [-0.05, 0) is 20.3 Å². The minimum absolute atomic E-state index is 0.365. The van der Waals surface area contributed by atoms with Gasteiger partial charge in [-0.25, -0.2) is 4.79 Å². The van der Waals surface area contributed by atoms with Crippen molar-refractivity contribution in [3.05, 3.63) is 11.6 Å². The van der Waals surface area contributed by atoms with Crippen LogP contribution in [-0.2, 0) is 4.79 Å². The number of carbonyl (C=O) groups is 2. The largest absolute Gasteiger partial charge is 0.324 e. The summed E-state index contributed by atoms with van der Waals surface area (Å²) in [6, 6.07) is -0.365. The molecule has 0 spiro atoms. The highest BCUT2D eigenvalue weighted by atomic mass is 35.5. The van der Waals surface area contributed by atoms with Gasteiger partial charge in [0.2, 0.25) is 5.91 Å². The van der Waals surface area contributed by atoms with Crippen molar-refractivity contribution >= 4 is 23.5 Å². The number of alkyl halides is 1. The maximum absolute atomic E-state index is 11.5. The van der Waals surface area contributed by atoms with Crippen molar-refractivity contribution in [1.82, 2.24) is 10.2 Å². The molecule has 0 radical (unpaired) electrons. The highest BCUT2D eigenvalue weighted by Crippen LogP contribution is 2.09. The van der Waals surface area contributed by atoms with Gasteiger partial charge in [-0.1, -0.05) is 11.6 Å².